The number of esters is 1. The third-order valence-corrected chi connectivity index (χ3v) is 3.41. The molecule has 16 heavy (non-hydrogen) atoms. The van der Waals surface area contributed by atoms with Gasteiger partial charge in [-0.3, -0.25) is 4.79 Å². The van der Waals surface area contributed by atoms with E-state index in [0.717, 1.165) is 31.5 Å². The molecule has 3 unspecified atom stereocenters. The second-order valence-electron chi connectivity index (χ2n) is 4.86. The summed E-state index contributed by atoms with van der Waals surface area (Å²) in [4.78, 5) is 13.7. The Morgan fingerprint density at radius 2 is 2.00 bits per heavy atom. The SMILES string of the molecule is CCOC(=O)C(N)CCN1CC(C)C(C)C1. The monoisotopic (exact) mass is 228 g/mol. The van der Waals surface area contributed by atoms with Crippen LogP contribution in [0.3, 0.4) is 0 Å². The molecular formula is C12H24N2O2. The summed E-state index contributed by atoms with van der Waals surface area (Å²) in [5, 5.41) is 0. The fraction of sp³-hybridized carbons (Fsp3) is 0.917. The van der Waals surface area contributed by atoms with Crippen molar-refractivity contribution in [2.75, 3.05) is 26.2 Å². The minimum Gasteiger partial charge on any atom is -0.465 e. The minimum atomic E-state index is -0.467. The van der Waals surface area contributed by atoms with Crippen molar-refractivity contribution in [1.82, 2.24) is 4.90 Å². The van der Waals surface area contributed by atoms with Crippen molar-refractivity contribution < 1.29 is 9.53 Å². The molecule has 1 saturated heterocycles. The van der Waals surface area contributed by atoms with Crippen LogP contribution < -0.4 is 5.73 Å². The molecular weight excluding hydrogens is 204 g/mol. The van der Waals surface area contributed by atoms with Crippen LogP contribution in [-0.4, -0.2) is 43.2 Å². The van der Waals surface area contributed by atoms with Gasteiger partial charge in [-0.25, -0.2) is 0 Å². The molecule has 4 nitrogen and oxygen atoms in total. The predicted molar refractivity (Wildman–Crippen MR) is 64.0 cm³/mol. The fourth-order valence-electron chi connectivity index (χ4n) is 2.12. The largest absolute Gasteiger partial charge is 0.465 e. The molecule has 4 heteroatoms. The molecule has 0 bridgehead atoms. The summed E-state index contributed by atoms with van der Waals surface area (Å²) < 4.78 is 4.88. The van der Waals surface area contributed by atoms with Crippen LogP contribution in [0.4, 0.5) is 0 Å². The van der Waals surface area contributed by atoms with Gasteiger partial charge in [-0.05, 0) is 25.2 Å². The van der Waals surface area contributed by atoms with Crippen LogP contribution in [0.1, 0.15) is 27.2 Å². The van der Waals surface area contributed by atoms with Gasteiger partial charge in [-0.1, -0.05) is 13.8 Å². The number of carbonyl (C=O) groups is 1. The molecule has 0 aromatic rings. The first-order chi connectivity index (χ1) is 7.54. The molecule has 0 saturated carbocycles. The van der Waals surface area contributed by atoms with Gasteiger partial charge in [0.2, 0.25) is 0 Å². The van der Waals surface area contributed by atoms with E-state index >= 15 is 0 Å². The molecule has 1 rings (SSSR count). The maximum absolute atomic E-state index is 11.3. The lowest BCUT2D eigenvalue weighted by atomic mass is 10.0. The molecule has 0 radical (unpaired) electrons. The van der Waals surface area contributed by atoms with E-state index in [9.17, 15) is 4.79 Å². The van der Waals surface area contributed by atoms with Crippen LogP contribution in [0.15, 0.2) is 0 Å². The number of carbonyl (C=O) groups excluding carboxylic acids is 1. The predicted octanol–water partition coefficient (Wildman–Crippen LogP) is 0.855. The van der Waals surface area contributed by atoms with Crippen LogP contribution >= 0.6 is 0 Å². The lowest BCUT2D eigenvalue weighted by molar-refractivity contribution is -0.144. The molecule has 0 amide bonds. The lowest BCUT2D eigenvalue weighted by Gasteiger charge is -2.17. The number of hydrogen-bond acceptors (Lipinski definition) is 4. The highest BCUT2D eigenvalue weighted by atomic mass is 16.5. The Labute approximate surface area is 98.1 Å². The van der Waals surface area contributed by atoms with E-state index in [1.54, 1.807) is 6.92 Å². The van der Waals surface area contributed by atoms with Gasteiger partial charge < -0.3 is 15.4 Å². The van der Waals surface area contributed by atoms with Gasteiger partial charge in [-0.15, -0.1) is 0 Å². The van der Waals surface area contributed by atoms with Crippen molar-refractivity contribution >= 4 is 5.97 Å². The number of nitrogens with two attached hydrogens (primary N) is 1. The highest BCUT2D eigenvalue weighted by molar-refractivity contribution is 5.75. The van der Waals surface area contributed by atoms with E-state index in [1.165, 1.54) is 0 Å². The van der Waals surface area contributed by atoms with E-state index in [0.29, 0.717) is 13.0 Å². The van der Waals surface area contributed by atoms with Crippen molar-refractivity contribution in [3.63, 3.8) is 0 Å². The van der Waals surface area contributed by atoms with Crippen molar-refractivity contribution in [3.05, 3.63) is 0 Å². The highest BCUT2D eigenvalue weighted by Crippen LogP contribution is 2.21. The van der Waals surface area contributed by atoms with Crippen LogP contribution in [0, 0.1) is 11.8 Å². The van der Waals surface area contributed by atoms with E-state index in [-0.39, 0.29) is 5.97 Å². The third-order valence-electron chi connectivity index (χ3n) is 3.41. The minimum absolute atomic E-state index is 0.275. The molecule has 94 valence electrons. The Bertz CT molecular complexity index is 223. The standard InChI is InChI=1S/C12H24N2O2/c1-4-16-12(15)11(13)5-6-14-7-9(2)10(3)8-14/h9-11H,4-8,13H2,1-3H3. The third kappa shape index (κ3) is 3.76. The first kappa shape index (κ1) is 13.5. The zero-order valence-electron chi connectivity index (χ0n) is 10.6. The lowest BCUT2D eigenvalue weighted by Crippen LogP contribution is -2.36. The summed E-state index contributed by atoms with van der Waals surface area (Å²) in [7, 11) is 0. The van der Waals surface area contributed by atoms with Crippen LogP contribution in [0.5, 0.6) is 0 Å². The number of nitrogens with zero attached hydrogens (tertiary/aromatic N) is 1. The molecule has 1 aliphatic rings. The molecule has 0 aromatic heterocycles. The van der Waals surface area contributed by atoms with Gasteiger partial charge in [0.05, 0.1) is 6.61 Å². The molecule has 0 aliphatic carbocycles. The molecule has 2 N–H and O–H groups in total. The average Bonchev–Trinajstić information content (AvgIpc) is 2.55. The number of hydrogen-bond donors (Lipinski definition) is 1. The van der Waals surface area contributed by atoms with Crippen LogP contribution in [-0.2, 0) is 9.53 Å². The number of rotatable bonds is 5. The summed E-state index contributed by atoms with van der Waals surface area (Å²) in [5.74, 6) is 1.22. The van der Waals surface area contributed by atoms with Gasteiger partial charge in [0.1, 0.15) is 6.04 Å². The zero-order chi connectivity index (χ0) is 12.1. The Morgan fingerprint density at radius 1 is 1.44 bits per heavy atom. The first-order valence-corrected chi connectivity index (χ1v) is 6.19. The Balaban J connectivity index is 2.22. The van der Waals surface area contributed by atoms with Gasteiger partial charge in [0.25, 0.3) is 0 Å². The van der Waals surface area contributed by atoms with Gasteiger partial charge in [0.15, 0.2) is 0 Å². The van der Waals surface area contributed by atoms with Crippen LogP contribution in [0.2, 0.25) is 0 Å². The summed E-state index contributed by atoms with van der Waals surface area (Å²) in [5.41, 5.74) is 5.75. The fourth-order valence-corrected chi connectivity index (χ4v) is 2.12. The maximum Gasteiger partial charge on any atom is 0.322 e. The normalized spacial score (nSPS) is 28.0. The topological polar surface area (TPSA) is 55.6 Å². The summed E-state index contributed by atoms with van der Waals surface area (Å²) >= 11 is 0. The highest BCUT2D eigenvalue weighted by Gasteiger charge is 2.26. The second-order valence-corrected chi connectivity index (χ2v) is 4.86. The molecule has 1 aliphatic heterocycles. The smallest absolute Gasteiger partial charge is 0.322 e. The maximum atomic E-state index is 11.3. The summed E-state index contributed by atoms with van der Waals surface area (Å²) in [6.45, 7) is 9.90. The van der Waals surface area contributed by atoms with Gasteiger partial charge in [-0.2, -0.15) is 0 Å². The Morgan fingerprint density at radius 3 is 2.50 bits per heavy atom. The molecule has 3 atom stereocenters. The van der Waals surface area contributed by atoms with E-state index < -0.39 is 6.04 Å². The van der Waals surface area contributed by atoms with Crippen molar-refractivity contribution in [1.29, 1.82) is 0 Å². The average molecular weight is 228 g/mol. The Kier molecular flexibility index (Phi) is 5.22. The van der Waals surface area contributed by atoms with Gasteiger partial charge in [0, 0.05) is 19.6 Å². The first-order valence-electron chi connectivity index (χ1n) is 6.19. The summed E-state index contributed by atoms with van der Waals surface area (Å²) in [6, 6.07) is -0.467. The van der Waals surface area contributed by atoms with Crippen LogP contribution in [0.25, 0.3) is 0 Å². The molecule has 0 aromatic carbocycles. The molecule has 1 heterocycles. The quantitative estimate of drug-likeness (QED) is 0.709. The Hall–Kier alpha value is -0.610. The van der Waals surface area contributed by atoms with Gasteiger partial charge >= 0.3 is 5.97 Å². The van der Waals surface area contributed by atoms with E-state index in [1.807, 2.05) is 0 Å². The molecule has 1 fully saturated rings. The van der Waals surface area contributed by atoms with Crippen molar-refractivity contribution in [3.8, 4) is 0 Å². The second kappa shape index (κ2) is 6.21. The zero-order valence-corrected chi connectivity index (χ0v) is 10.6. The number of ether oxygens (including phenoxy) is 1. The van der Waals surface area contributed by atoms with Crippen molar-refractivity contribution in [2.45, 2.75) is 33.2 Å². The molecule has 0 spiro atoms. The number of likely N-dealkylation sites (tertiary alicyclic amines) is 1. The van der Waals surface area contributed by atoms with E-state index in [4.69, 9.17) is 10.5 Å². The summed E-state index contributed by atoms with van der Waals surface area (Å²) in [6.07, 6.45) is 0.693. The van der Waals surface area contributed by atoms with E-state index in [2.05, 4.69) is 18.7 Å². The van der Waals surface area contributed by atoms with Crippen molar-refractivity contribution in [2.24, 2.45) is 17.6 Å².